The van der Waals surface area contributed by atoms with E-state index < -0.39 is 0 Å². The normalized spacial score (nSPS) is 20.7. The fourth-order valence-corrected chi connectivity index (χ4v) is 3.82. The van der Waals surface area contributed by atoms with Gasteiger partial charge in [0.1, 0.15) is 11.3 Å². The summed E-state index contributed by atoms with van der Waals surface area (Å²) in [4.78, 5) is 24.2. The van der Waals surface area contributed by atoms with Gasteiger partial charge in [0.2, 0.25) is 0 Å². The largest absolute Gasteiger partial charge is 0.482 e. The van der Waals surface area contributed by atoms with E-state index in [1.165, 1.54) is 0 Å². The lowest BCUT2D eigenvalue weighted by Gasteiger charge is -2.23. The Bertz CT molecular complexity index is 847. The van der Waals surface area contributed by atoms with Gasteiger partial charge in [0, 0.05) is 22.9 Å². The van der Waals surface area contributed by atoms with Crippen LogP contribution >= 0.6 is 0 Å². The lowest BCUT2D eigenvalue weighted by molar-refractivity contribution is -0.127. The predicted octanol–water partition coefficient (Wildman–Crippen LogP) is 3.48. The van der Waals surface area contributed by atoms with Crippen LogP contribution in [0.4, 0.5) is 0 Å². The predicted molar refractivity (Wildman–Crippen MR) is 87.1 cm³/mol. The number of aryl methyl sites for hydroxylation is 2. The van der Waals surface area contributed by atoms with Crippen molar-refractivity contribution in [1.82, 2.24) is 0 Å². The van der Waals surface area contributed by atoms with Crippen molar-refractivity contribution in [2.45, 2.75) is 58.0 Å². The molecule has 1 atom stereocenters. The van der Waals surface area contributed by atoms with Crippen molar-refractivity contribution in [2.24, 2.45) is 0 Å². The Balaban J connectivity index is 1.78. The minimum absolute atomic E-state index is 0.172. The average Bonchev–Trinajstić information content (AvgIpc) is 3.03. The molecule has 23 heavy (non-hydrogen) atoms. The summed E-state index contributed by atoms with van der Waals surface area (Å²) in [5.41, 5.74) is 3.15. The molecule has 0 amide bonds. The number of carbonyl (C=O) groups excluding carboxylic acids is 1. The lowest BCUT2D eigenvalue weighted by atomic mass is 9.96. The van der Waals surface area contributed by atoms with Gasteiger partial charge in [-0.2, -0.15) is 0 Å². The van der Waals surface area contributed by atoms with Gasteiger partial charge in [-0.25, -0.2) is 4.79 Å². The first-order valence-corrected chi connectivity index (χ1v) is 8.42. The standard InChI is InChI=1S/C19H20O4/c1-11-16(22-17-8-3-2-7-15(17)20)10-9-13-12-5-4-6-14(12)19(21)23-18(11)13/h9-10,17H,2-8H2,1H3/t17-/m0/s1. The summed E-state index contributed by atoms with van der Waals surface area (Å²) >= 11 is 0. The van der Waals surface area contributed by atoms with Gasteiger partial charge < -0.3 is 9.15 Å². The van der Waals surface area contributed by atoms with Crippen molar-refractivity contribution in [2.75, 3.05) is 0 Å². The molecule has 0 aliphatic heterocycles. The molecule has 2 aliphatic rings. The zero-order valence-electron chi connectivity index (χ0n) is 13.3. The molecule has 120 valence electrons. The van der Waals surface area contributed by atoms with Gasteiger partial charge in [0.05, 0.1) is 0 Å². The van der Waals surface area contributed by atoms with E-state index in [0.717, 1.165) is 60.6 Å². The molecule has 0 saturated heterocycles. The van der Waals surface area contributed by atoms with Crippen LogP contribution in [0.2, 0.25) is 0 Å². The molecule has 4 nitrogen and oxygen atoms in total. The van der Waals surface area contributed by atoms with Gasteiger partial charge in [0.15, 0.2) is 11.9 Å². The van der Waals surface area contributed by atoms with E-state index in [1.807, 2.05) is 19.1 Å². The number of benzene rings is 1. The molecule has 4 rings (SSSR count). The summed E-state index contributed by atoms with van der Waals surface area (Å²) in [6.07, 6.45) is 5.72. The van der Waals surface area contributed by atoms with Crippen molar-refractivity contribution in [1.29, 1.82) is 0 Å². The molecule has 0 unspecified atom stereocenters. The van der Waals surface area contributed by atoms with Gasteiger partial charge >= 0.3 is 5.63 Å². The Hall–Kier alpha value is -2.10. The van der Waals surface area contributed by atoms with Crippen molar-refractivity contribution in [3.05, 3.63) is 39.2 Å². The second-order valence-electron chi connectivity index (χ2n) is 6.58. The third-order valence-corrected chi connectivity index (χ3v) is 5.11. The van der Waals surface area contributed by atoms with E-state index in [9.17, 15) is 9.59 Å². The summed E-state index contributed by atoms with van der Waals surface area (Å²) in [5, 5.41) is 1.01. The molecular formula is C19H20O4. The Labute approximate surface area is 134 Å². The highest BCUT2D eigenvalue weighted by molar-refractivity contribution is 5.87. The number of ketones is 1. The summed E-state index contributed by atoms with van der Waals surface area (Å²) in [6, 6.07) is 3.89. The molecule has 1 fully saturated rings. The van der Waals surface area contributed by atoms with Crippen LogP contribution in [0.25, 0.3) is 11.0 Å². The maximum atomic E-state index is 12.2. The number of Topliss-reactive ketones (excluding diaryl/α,β-unsaturated/α-hetero) is 1. The number of fused-ring (bicyclic) bond motifs is 3. The minimum atomic E-state index is -0.360. The van der Waals surface area contributed by atoms with Crippen molar-refractivity contribution in [3.63, 3.8) is 0 Å². The minimum Gasteiger partial charge on any atom is -0.482 e. The third-order valence-electron chi connectivity index (χ3n) is 5.11. The highest BCUT2D eigenvalue weighted by Gasteiger charge is 2.26. The first-order valence-electron chi connectivity index (χ1n) is 8.42. The van der Waals surface area contributed by atoms with E-state index in [0.29, 0.717) is 17.8 Å². The number of carbonyl (C=O) groups is 1. The second-order valence-corrected chi connectivity index (χ2v) is 6.58. The number of rotatable bonds is 2. The van der Waals surface area contributed by atoms with Gasteiger partial charge in [-0.3, -0.25) is 4.79 Å². The Morgan fingerprint density at radius 2 is 1.87 bits per heavy atom. The van der Waals surface area contributed by atoms with Crippen molar-refractivity contribution >= 4 is 16.8 Å². The second kappa shape index (κ2) is 5.52. The molecule has 0 bridgehead atoms. The fourth-order valence-electron chi connectivity index (χ4n) is 3.82. The van der Waals surface area contributed by atoms with E-state index in [4.69, 9.17) is 9.15 Å². The summed E-state index contributed by atoms with van der Waals surface area (Å²) in [5.74, 6) is 0.824. The van der Waals surface area contributed by atoms with E-state index in [1.54, 1.807) is 0 Å². The molecule has 0 radical (unpaired) electrons. The average molecular weight is 312 g/mol. The highest BCUT2D eigenvalue weighted by Crippen LogP contribution is 2.34. The lowest BCUT2D eigenvalue weighted by Crippen LogP contribution is -2.30. The van der Waals surface area contributed by atoms with E-state index >= 15 is 0 Å². The van der Waals surface area contributed by atoms with E-state index in [-0.39, 0.29) is 17.5 Å². The van der Waals surface area contributed by atoms with Crippen molar-refractivity contribution in [3.8, 4) is 5.75 Å². The Morgan fingerprint density at radius 3 is 2.70 bits per heavy atom. The van der Waals surface area contributed by atoms with Crippen LogP contribution in [-0.4, -0.2) is 11.9 Å². The highest BCUT2D eigenvalue weighted by atomic mass is 16.5. The van der Waals surface area contributed by atoms with Gasteiger partial charge in [0.25, 0.3) is 0 Å². The monoisotopic (exact) mass is 312 g/mol. The van der Waals surface area contributed by atoms with Gasteiger partial charge in [-0.1, -0.05) is 0 Å². The van der Waals surface area contributed by atoms with Crippen LogP contribution in [0.15, 0.2) is 21.3 Å². The topological polar surface area (TPSA) is 56.5 Å². The molecular weight excluding hydrogens is 292 g/mol. The Morgan fingerprint density at radius 1 is 1.04 bits per heavy atom. The van der Waals surface area contributed by atoms with Crippen LogP contribution in [0, 0.1) is 6.92 Å². The van der Waals surface area contributed by atoms with Gasteiger partial charge in [-0.05, 0) is 63.1 Å². The van der Waals surface area contributed by atoms with Gasteiger partial charge in [-0.15, -0.1) is 0 Å². The zero-order chi connectivity index (χ0) is 16.0. The first kappa shape index (κ1) is 14.5. The quantitative estimate of drug-likeness (QED) is 0.797. The number of hydrogen-bond donors (Lipinski definition) is 0. The fraction of sp³-hybridized carbons (Fsp3) is 0.474. The molecule has 1 saturated carbocycles. The van der Waals surface area contributed by atoms with E-state index in [2.05, 4.69) is 0 Å². The maximum Gasteiger partial charge on any atom is 0.339 e. The van der Waals surface area contributed by atoms with Crippen LogP contribution in [0.3, 0.4) is 0 Å². The third kappa shape index (κ3) is 2.37. The van der Waals surface area contributed by atoms with Crippen LogP contribution in [0.5, 0.6) is 5.75 Å². The first-order chi connectivity index (χ1) is 11.1. The molecule has 1 aromatic heterocycles. The van der Waals surface area contributed by atoms with Crippen LogP contribution in [0.1, 0.15) is 48.8 Å². The maximum absolute atomic E-state index is 12.2. The molecule has 4 heteroatoms. The molecule has 2 aromatic rings. The molecule has 1 heterocycles. The molecule has 0 spiro atoms. The van der Waals surface area contributed by atoms with Crippen LogP contribution < -0.4 is 10.4 Å². The summed E-state index contributed by atoms with van der Waals surface area (Å²) < 4.78 is 11.5. The van der Waals surface area contributed by atoms with Crippen molar-refractivity contribution < 1.29 is 13.9 Å². The molecule has 0 N–H and O–H groups in total. The summed E-state index contributed by atoms with van der Waals surface area (Å²) in [7, 11) is 0. The summed E-state index contributed by atoms with van der Waals surface area (Å²) in [6.45, 7) is 1.90. The number of hydrogen-bond acceptors (Lipinski definition) is 4. The smallest absolute Gasteiger partial charge is 0.339 e. The zero-order valence-corrected chi connectivity index (χ0v) is 13.3. The molecule has 1 aromatic carbocycles. The number of ether oxygens (including phenoxy) is 1. The Kier molecular flexibility index (Phi) is 3.47. The van der Waals surface area contributed by atoms with Crippen LogP contribution in [-0.2, 0) is 17.6 Å². The SMILES string of the molecule is Cc1c(O[C@H]2CCCCC2=O)ccc2c3c(c(=O)oc12)CCC3. The molecule has 2 aliphatic carbocycles.